The molecule has 146 valence electrons. The highest BCUT2D eigenvalue weighted by Crippen LogP contribution is 2.27. The summed E-state index contributed by atoms with van der Waals surface area (Å²) in [7, 11) is 0. The topological polar surface area (TPSA) is 68.3 Å². The predicted octanol–water partition coefficient (Wildman–Crippen LogP) is 4.63. The molecule has 0 atom stereocenters. The average Bonchev–Trinajstić information content (AvgIpc) is 2.92. The predicted molar refractivity (Wildman–Crippen MR) is 101 cm³/mol. The third-order valence-electron chi connectivity index (χ3n) is 4.07. The number of pyridine rings is 1. The molecule has 6 nitrogen and oxygen atoms in total. The second kappa shape index (κ2) is 7.55. The fraction of sp³-hybridized carbons (Fsp3) is 0.211. The molecule has 0 aliphatic carbocycles. The van der Waals surface area contributed by atoms with E-state index in [9.17, 15) is 18.4 Å². The third-order valence-corrected chi connectivity index (χ3v) is 4.37. The Hall–Kier alpha value is -3.00. The van der Waals surface area contributed by atoms with Gasteiger partial charge in [0, 0.05) is 23.9 Å². The van der Waals surface area contributed by atoms with Gasteiger partial charge in [-0.15, -0.1) is 0 Å². The van der Waals surface area contributed by atoms with Crippen LogP contribution >= 0.6 is 11.6 Å². The van der Waals surface area contributed by atoms with Crippen LogP contribution in [0.2, 0.25) is 5.15 Å². The summed E-state index contributed by atoms with van der Waals surface area (Å²) in [6.45, 7) is 4.75. The van der Waals surface area contributed by atoms with Gasteiger partial charge < -0.3 is 4.52 Å². The Balaban J connectivity index is 2.12. The second-order valence-corrected chi connectivity index (χ2v) is 6.66. The highest BCUT2D eigenvalue weighted by atomic mass is 35.5. The second-order valence-electron chi connectivity index (χ2n) is 6.31. The van der Waals surface area contributed by atoms with Crippen molar-refractivity contribution in [2.75, 3.05) is 4.90 Å². The molecule has 0 aliphatic rings. The first-order valence-electron chi connectivity index (χ1n) is 8.34. The van der Waals surface area contributed by atoms with E-state index < -0.39 is 29.3 Å². The lowest BCUT2D eigenvalue weighted by Gasteiger charge is -2.26. The van der Waals surface area contributed by atoms with E-state index in [2.05, 4.69) is 4.98 Å². The maximum atomic E-state index is 14.3. The van der Waals surface area contributed by atoms with Gasteiger partial charge >= 0.3 is 6.03 Å². The van der Waals surface area contributed by atoms with Gasteiger partial charge in [0.15, 0.2) is 0 Å². The Morgan fingerprint density at radius 3 is 2.61 bits per heavy atom. The van der Waals surface area contributed by atoms with Crippen LogP contribution in [0.1, 0.15) is 19.6 Å². The van der Waals surface area contributed by atoms with Gasteiger partial charge in [0.25, 0.3) is 5.56 Å². The van der Waals surface area contributed by atoms with Crippen LogP contribution in [0.3, 0.4) is 0 Å². The molecule has 2 heterocycles. The number of carbonyl (C=O) groups is 1. The Morgan fingerprint density at radius 2 is 2.00 bits per heavy atom. The molecule has 9 heteroatoms. The first-order chi connectivity index (χ1) is 13.2. The van der Waals surface area contributed by atoms with Crippen LogP contribution in [-0.4, -0.2) is 21.8 Å². The summed E-state index contributed by atoms with van der Waals surface area (Å²) in [6.07, 6.45) is 1.46. The average molecular weight is 408 g/mol. The van der Waals surface area contributed by atoms with Crippen LogP contribution in [0.15, 0.2) is 45.8 Å². The highest BCUT2D eigenvalue weighted by molar-refractivity contribution is 6.32. The number of amides is 1. The van der Waals surface area contributed by atoms with Gasteiger partial charge in [0.1, 0.15) is 22.5 Å². The lowest BCUT2D eigenvalue weighted by Crippen LogP contribution is -2.43. The van der Waals surface area contributed by atoms with Crippen molar-refractivity contribution in [2.24, 2.45) is 0 Å². The smallest absolute Gasteiger partial charge is 0.365 e. The molecule has 1 amide bonds. The number of carbonyl (C=O) groups excluding carboxylic acids is 1. The standard InChI is InChI=1S/C19H16ClF2N3O3/c1-10(2)24(15-7-6-12(21)9-14(15)22)19(27)25-18(26)16(11(3)28-25)13-5-4-8-23-17(13)20/h4-10H,1-3H3. The molecule has 3 rings (SSSR count). The van der Waals surface area contributed by atoms with Crippen LogP contribution in [0.4, 0.5) is 19.3 Å². The van der Waals surface area contributed by atoms with E-state index >= 15 is 0 Å². The summed E-state index contributed by atoms with van der Waals surface area (Å²) in [6, 6.07) is 4.52. The van der Waals surface area contributed by atoms with Gasteiger partial charge in [-0.25, -0.2) is 18.6 Å². The van der Waals surface area contributed by atoms with Crippen LogP contribution in [-0.2, 0) is 0 Å². The largest absolute Gasteiger partial charge is 0.371 e. The molecule has 0 saturated heterocycles. The van der Waals surface area contributed by atoms with Crippen LogP contribution in [0.25, 0.3) is 11.1 Å². The van der Waals surface area contributed by atoms with Gasteiger partial charge in [-0.2, -0.15) is 0 Å². The summed E-state index contributed by atoms with van der Waals surface area (Å²) < 4.78 is 33.4. The number of aryl methyl sites for hydroxylation is 1. The van der Waals surface area contributed by atoms with E-state index in [4.69, 9.17) is 16.1 Å². The van der Waals surface area contributed by atoms with Crippen molar-refractivity contribution in [1.82, 2.24) is 9.72 Å². The summed E-state index contributed by atoms with van der Waals surface area (Å²) in [5, 5.41) is 0.0772. The Morgan fingerprint density at radius 1 is 1.29 bits per heavy atom. The Labute approximate surface area is 163 Å². The first kappa shape index (κ1) is 19.8. The van der Waals surface area contributed by atoms with Crippen LogP contribution in [0, 0.1) is 18.6 Å². The number of anilines is 1. The van der Waals surface area contributed by atoms with Crippen molar-refractivity contribution >= 4 is 23.3 Å². The number of nitrogens with zero attached hydrogens (tertiary/aromatic N) is 3. The van der Waals surface area contributed by atoms with Crippen LogP contribution in [0.5, 0.6) is 0 Å². The first-order valence-corrected chi connectivity index (χ1v) is 8.72. The lowest BCUT2D eigenvalue weighted by molar-refractivity contribution is 0.210. The summed E-state index contributed by atoms with van der Waals surface area (Å²) >= 11 is 6.05. The van der Waals surface area contributed by atoms with E-state index in [-0.39, 0.29) is 22.2 Å². The fourth-order valence-corrected chi connectivity index (χ4v) is 3.07. The normalized spacial score (nSPS) is 11.1. The number of aromatic nitrogens is 2. The summed E-state index contributed by atoms with van der Waals surface area (Å²) in [5.41, 5.74) is -0.547. The number of rotatable bonds is 3. The molecule has 28 heavy (non-hydrogen) atoms. The van der Waals surface area contributed by atoms with Crippen molar-refractivity contribution in [3.63, 3.8) is 0 Å². The zero-order chi connectivity index (χ0) is 20.6. The molecular weight excluding hydrogens is 392 g/mol. The summed E-state index contributed by atoms with van der Waals surface area (Å²) in [4.78, 5) is 30.8. The zero-order valence-electron chi connectivity index (χ0n) is 15.2. The Bertz CT molecular complexity index is 1110. The molecule has 3 aromatic rings. The lowest BCUT2D eigenvalue weighted by atomic mass is 10.1. The Kier molecular flexibility index (Phi) is 5.33. The quantitative estimate of drug-likeness (QED) is 0.594. The van der Waals surface area contributed by atoms with Crippen molar-refractivity contribution in [3.05, 3.63) is 69.4 Å². The molecular formula is C19H16ClF2N3O3. The van der Waals surface area contributed by atoms with Gasteiger partial charge in [0.2, 0.25) is 0 Å². The minimum Gasteiger partial charge on any atom is -0.371 e. The third kappa shape index (κ3) is 3.43. The van der Waals surface area contributed by atoms with Gasteiger partial charge in [-0.1, -0.05) is 16.3 Å². The summed E-state index contributed by atoms with van der Waals surface area (Å²) in [5.74, 6) is -1.57. The molecule has 0 bridgehead atoms. The molecule has 0 radical (unpaired) electrons. The van der Waals surface area contributed by atoms with Crippen molar-refractivity contribution in [3.8, 4) is 11.1 Å². The molecule has 0 unspecified atom stereocenters. The van der Waals surface area contributed by atoms with Crippen molar-refractivity contribution in [2.45, 2.75) is 26.8 Å². The molecule has 0 saturated carbocycles. The SMILES string of the molecule is Cc1on(C(=O)N(c2ccc(F)cc2F)C(C)C)c(=O)c1-c1cccnc1Cl. The fourth-order valence-electron chi connectivity index (χ4n) is 2.86. The zero-order valence-corrected chi connectivity index (χ0v) is 16.0. The highest BCUT2D eigenvalue weighted by Gasteiger charge is 2.29. The van der Waals surface area contributed by atoms with Gasteiger partial charge in [0.05, 0.1) is 11.3 Å². The molecule has 0 spiro atoms. The number of hydrogen-bond acceptors (Lipinski definition) is 4. The van der Waals surface area contributed by atoms with Crippen molar-refractivity contribution in [1.29, 1.82) is 0 Å². The van der Waals surface area contributed by atoms with E-state index in [1.165, 1.54) is 13.1 Å². The van der Waals surface area contributed by atoms with E-state index in [0.29, 0.717) is 16.4 Å². The molecule has 0 aliphatic heterocycles. The maximum Gasteiger partial charge on any atom is 0.365 e. The minimum atomic E-state index is -0.936. The van der Waals surface area contributed by atoms with E-state index in [1.54, 1.807) is 26.0 Å². The maximum absolute atomic E-state index is 14.3. The number of halogens is 3. The van der Waals surface area contributed by atoms with E-state index in [1.807, 2.05) is 0 Å². The monoisotopic (exact) mass is 407 g/mol. The van der Waals surface area contributed by atoms with Crippen molar-refractivity contribution < 1.29 is 18.1 Å². The van der Waals surface area contributed by atoms with E-state index in [0.717, 1.165) is 17.0 Å². The van der Waals surface area contributed by atoms with Crippen LogP contribution < -0.4 is 10.5 Å². The minimum absolute atomic E-state index is 0.0772. The molecule has 2 aromatic heterocycles. The van der Waals surface area contributed by atoms with Gasteiger partial charge in [-0.3, -0.25) is 9.69 Å². The number of hydrogen-bond donors (Lipinski definition) is 0. The molecule has 1 aromatic carbocycles. The molecule has 0 N–H and O–H groups in total. The number of benzene rings is 1. The van der Waals surface area contributed by atoms with Gasteiger partial charge in [-0.05, 0) is 45.0 Å². The molecule has 0 fully saturated rings.